The summed E-state index contributed by atoms with van der Waals surface area (Å²) in [5, 5.41) is 7.20. The Morgan fingerprint density at radius 2 is 1.52 bits per heavy atom. The Morgan fingerprint density at radius 3 is 2.15 bits per heavy atom. The quantitative estimate of drug-likeness (QED) is 0.691. The van der Waals surface area contributed by atoms with E-state index in [1.54, 1.807) is 24.3 Å². The number of hydrogen-bond acceptors (Lipinski definition) is 2. The molecule has 144 valence electrons. The minimum atomic E-state index is -4.43. The van der Waals surface area contributed by atoms with Crippen LogP contribution in [-0.4, -0.2) is 31.2 Å². The van der Waals surface area contributed by atoms with Gasteiger partial charge in [-0.1, -0.05) is 42.5 Å². The molecule has 0 aromatic heterocycles. The van der Waals surface area contributed by atoms with Gasteiger partial charge in [0.25, 0.3) is 0 Å². The van der Waals surface area contributed by atoms with Crippen LogP contribution < -0.4 is 16.0 Å². The predicted molar refractivity (Wildman–Crippen MR) is 96.4 cm³/mol. The van der Waals surface area contributed by atoms with Crippen LogP contribution in [0.15, 0.2) is 54.6 Å². The van der Waals surface area contributed by atoms with Gasteiger partial charge in [-0.2, -0.15) is 13.2 Å². The van der Waals surface area contributed by atoms with E-state index < -0.39 is 18.6 Å². The first-order valence-electron chi connectivity index (χ1n) is 8.33. The minimum absolute atomic E-state index is 0.167. The maximum absolute atomic E-state index is 12.1. The van der Waals surface area contributed by atoms with Crippen LogP contribution in [0.1, 0.15) is 11.1 Å². The number of hydrogen-bond donors (Lipinski definition) is 3. The van der Waals surface area contributed by atoms with Gasteiger partial charge in [-0.05, 0) is 29.7 Å². The highest BCUT2D eigenvalue weighted by molar-refractivity contribution is 5.89. The molecule has 0 saturated carbocycles. The first-order chi connectivity index (χ1) is 12.8. The van der Waals surface area contributed by atoms with Gasteiger partial charge in [0.1, 0.15) is 6.54 Å². The molecule has 0 atom stereocenters. The molecule has 0 saturated heterocycles. The third-order valence-electron chi connectivity index (χ3n) is 3.60. The Morgan fingerprint density at radius 1 is 0.852 bits per heavy atom. The SMILES string of the molecule is O=C(Cc1ccc(NC(=O)NCCc2ccccc2)cc1)NCC(F)(F)F. The summed E-state index contributed by atoms with van der Waals surface area (Å²) in [5.41, 5.74) is 2.18. The fourth-order valence-electron chi connectivity index (χ4n) is 2.29. The van der Waals surface area contributed by atoms with Crippen molar-refractivity contribution in [2.24, 2.45) is 0 Å². The zero-order valence-electron chi connectivity index (χ0n) is 14.5. The van der Waals surface area contributed by atoms with Crippen LogP contribution >= 0.6 is 0 Å². The number of amides is 3. The topological polar surface area (TPSA) is 70.2 Å². The maximum Gasteiger partial charge on any atom is 0.405 e. The third kappa shape index (κ3) is 8.26. The van der Waals surface area contributed by atoms with Crippen LogP contribution in [0.3, 0.4) is 0 Å². The summed E-state index contributed by atoms with van der Waals surface area (Å²) >= 11 is 0. The van der Waals surface area contributed by atoms with Gasteiger partial charge in [-0.15, -0.1) is 0 Å². The van der Waals surface area contributed by atoms with Crippen molar-refractivity contribution < 1.29 is 22.8 Å². The predicted octanol–water partition coefficient (Wildman–Crippen LogP) is 3.27. The van der Waals surface area contributed by atoms with Crippen LogP contribution in [0.4, 0.5) is 23.7 Å². The highest BCUT2D eigenvalue weighted by Crippen LogP contribution is 2.13. The van der Waals surface area contributed by atoms with Gasteiger partial charge in [0.15, 0.2) is 0 Å². The van der Waals surface area contributed by atoms with Crippen molar-refractivity contribution in [2.45, 2.75) is 19.0 Å². The number of rotatable bonds is 7. The van der Waals surface area contributed by atoms with Gasteiger partial charge in [0.2, 0.25) is 5.91 Å². The fraction of sp³-hybridized carbons (Fsp3) is 0.263. The lowest BCUT2D eigenvalue weighted by atomic mass is 10.1. The summed E-state index contributed by atoms with van der Waals surface area (Å²) in [5.74, 6) is -0.716. The molecule has 2 aromatic carbocycles. The van der Waals surface area contributed by atoms with Crippen molar-refractivity contribution in [3.63, 3.8) is 0 Å². The lowest BCUT2D eigenvalue weighted by Gasteiger charge is -2.10. The molecule has 0 aliphatic rings. The van der Waals surface area contributed by atoms with E-state index >= 15 is 0 Å². The van der Waals surface area contributed by atoms with Gasteiger partial charge >= 0.3 is 12.2 Å². The third-order valence-corrected chi connectivity index (χ3v) is 3.60. The second-order valence-corrected chi connectivity index (χ2v) is 5.88. The van der Waals surface area contributed by atoms with E-state index in [-0.39, 0.29) is 12.5 Å². The van der Waals surface area contributed by atoms with Crippen molar-refractivity contribution >= 4 is 17.6 Å². The summed E-state index contributed by atoms with van der Waals surface area (Å²) in [6, 6.07) is 15.7. The fourth-order valence-corrected chi connectivity index (χ4v) is 2.29. The van der Waals surface area contributed by atoms with Crippen LogP contribution in [0.2, 0.25) is 0 Å². The molecular weight excluding hydrogens is 359 g/mol. The zero-order valence-corrected chi connectivity index (χ0v) is 14.5. The Bertz CT molecular complexity index is 747. The summed E-state index contributed by atoms with van der Waals surface area (Å²) in [6.07, 6.45) is -3.89. The van der Waals surface area contributed by atoms with Crippen LogP contribution in [0.25, 0.3) is 0 Å². The highest BCUT2D eigenvalue weighted by Gasteiger charge is 2.27. The molecule has 8 heteroatoms. The molecule has 5 nitrogen and oxygen atoms in total. The van der Waals surface area contributed by atoms with Crippen LogP contribution in [0, 0.1) is 0 Å². The normalized spacial score (nSPS) is 10.9. The summed E-state index contributed by atoms with van der Waals surface area (Å²) in [7, 11) is 0. The lowest BCUT2D eigenvalue weighted by Crippen LogP contribution is -2.34. The van der Waals surface area contributed by atoms with E-state index in [4.69, 9.17) is 0 Å². The summed E-state index contributed by atoms with van der Waals surface area (Å²) < 4.78 is 36.2. The van der Waals surface area contributed by atoms with Crippen molar-refractivity contribution in [3.05, 3.63) is 65.7 Å². The van der Waals surface area contributed by atoms with Crippen molar-refractivity contribution in [3.8, 4) is 0 Å². The molecule has 0 unspecified atom stereocenters. The number of halogens is 3. The Labute approximate surface area is 155 Å². The van der Waals surface area contributed by atoms with E-state index in [1.807, 2.05) is 35.6 Å². The molecule has 3 N–H and O–H groups in total. The zero-order chi connectivity index (χ0) is 19.7. The first kappa shape index (κ1) is 20.3. The molecular formula is C19H20F3N3O2. The maximum atomic E-state index is 12.1. The molecule has 0 aliphatic carbocycles. The summed E-state index contributed by atoms with van der Waals surface area (Å²) in [6.45, 7) is -0.873. The van der Waals surface area contributed by atoms with Crippen LogP contribution in [-0.2, 0) is 17.6 Å². The number of carbonyl (C=O) groups is 2. The molecule has 3 amide bonds. The summed E-state index contributed by atoms with van der Waals surface area (Å²) in [4.78, 5) is 23.3. The van der Waals surface area contributed by atoms with Gasteiger partial charge in [-0.25, -0.2) is 4.79 Å². The van der Waals surface area contributed by atoms with E-state index in [0.29, 0.717) is 24.2 Å². The van der Waals surface area contributed by atoms with Gasteiger partial charge in [-0.3, -0.25) is 4.79 Å². The largest absolute Gasteiger partial charge is 0.405 e. The molecule has 2 aromatic rings. The Hall–Kier alpha value is -3.03. The number of nitrogens with one attached hydrogen (secondary N) is 3. The average molecular weight is 379 g/mol. The van der Waals surface area contributed by atoms with Crippen molar-refractivity contribution in [1.29, 1.82) is 0 Å². The molecule has 0 fully saturated rings. The molecule has 27 heavy (non-hydrogen) atoms. The number of benzene rings is 2. The second-order valence-electron chi connectivity index (χ2n) is 5.88. The van der Waals surface area contributed by atoms with Crippen LogP contribution in [0.5, 0.6) is 0 Å². The van der Waals surface area contributed by atoms with Gasteiger partial charge < -0.3 is 16.0 Å². The Balaban J connectivity index is 1.72. The lowest BCUT2D eigenvalue weighted by molar-refractivity contribution is -0.138. The van der Waals surface area contributed by atoms with Crippen molar-refractivity contribution in [2.75, 3.05) is 18.4 Å². The molecule has 0 aliphatic heterocycles. The van der Waals surface area contributed by atoms with E-state index in [2.05, 4.69) is 10.6 Å². The molecule has 0 heterocycles. The smallest absolute Gasteiger partial charge is 0.347 e. The minimum Gasteiger partial charge on any atom is -0.347 e. The van der Waals surface area contributed by atoms with E-state index in [1.165, 1.54) is 0 Å². The number of carbonyl (C=O) groups excluding carboxylic acids is 2. The Kier molecular flexibility index (Phi) is 7.22. The molecule has 2 rings (SSSR count). The average Bonchev–Trinajstić information content (AvgIpc) is 2.62. The number of alkyl halides is 3. The highest BCUT2D eigenvalue weighted by atomic mass is 19.4. The standard InChI is InChI=1S/C19H20F3N3O2/c20-19(21,22)13-24-17(26)12-15-6-8-16(9-7-15)25-18(27)23-11-10-14-4-2-1-3-5-14/h1-9H,10-13H2,(H,24,26)(H2,23,25,27). The second kappa shape index (κ2) is 9.61. The van der Waals surface area contributed by atoms with Gasteiger partial charge in [0.05, 0.1) is 6.42 Å². The molecule has 0 bridgehead atoms. The van der Waals surface area contributed by atoms with E-state index in [0.717, 1.165) is 5.56 Å². The van der Waals surface area contributed by atoms with E-state index in [9.17, 15) is 22.8 Å². The number of anilines is 1. The number of urea groups is 1. The monoisotopic (exact) mass is 379 g/mol. The molecule has 0 spiro atoms. The van der Waals surface area contributed by atoms with Gasteiger partial charge in [0, 0.05) is 12.2 Å². The van der Waals surface area contributed by atoms with Crippen molar-refractivity contribution in [1.82, 2.24) is 10.6 Å². The molecule has 0 radical (unpaired) electrons. The first-order valence-corrected chi connectivity index (χ1v) is 8.33.